The van der Waals surface area contributed by atoms with Gasteiger partial charge in [-0.2, -0.15) is 0 Å². The number of benzene rings is 4. The van der Waals surface area contributed by atoms with Crippen molar-refractivity contribution >= 4 is 22.7 Å². The van der Waals surface area contributed by atoms with Gasteiger partial charge in [0.15, 0.2) is 11.5 Å². The van der Waals surface area contributed by atoms with Crippen LogP contribution in [0.25, 0.3) is 10.8 Å². The molecule has 0 atom stereocenters. The molecule has 4 rings (SSSR count). The molecule has 0 aliphatic carbocycles. The summed E-state index contributed by atoms with van der Waals surface area (Å²) in [4.78, 5) is 23.6. The van der Waals surface area contributed by atoms with Gasteiger partial charge < -0.3 is 24.4 Å². The molecule has 196 valence electrons. The second kappa shape index (κ2) is 13.3. The van der Waals surface area contributed by atoms with Crippen LogP contribution in [0.3, 0.4) is 0 Å². The van der Waals surface area contributed by atoms with Crippen LogP contribution in [0.1, 0.15) is 38.3 Å². The van der Waals surface area contributed by atoms with Crippen molar-refractivity contribution in [3.05, 3.63) is 107 Å². The maximum Gasteiger partial charge on any atom is 0.340 e. The summed E-state index contributed by atoms with van der Waals surface area (Å²) in [6.45, 7) is 1.05. The first-order chi connectivity index (χ1) is 18.5. The molecule has 0 heterocycles. The topological polar surface area (TPSA) is 102 Å². The number of rotatable bonds is 14. The molecule has 0 amide bonds. The van der Waals surface area contributed by atoms with E-state index in [0.717, 1.165) is 18.4 Å². The van der Waals surface area contributed by atoms with Crippen LogP contribution in [-0.4, -0.2) is 48.6 Å². The number of aryl methyl sites for hydroxylation is 1. The van der Waals surface area contributed by atoms with Crippen LogP contribution in [0.5, 0.6) is 11.5 Å². The van der Waals surface area contributed by atoms with E-state index in [1.165, 1.54) is 28.5 Å². The van der Waals surface area contributed by atoms with Crippen LogP contribution in [0.4, 0.5) is 0 Å². The first-order valence-electron chi connectivity index (χ1n) is 12.5. The van der Waals surface area contributed by atoms with Crippen LogP contribution in [0, 0.1) is 0 Å². The van der Waals surface area contributed by atoms with Gasteiger partial charge >= 0.3 is 11.9 Å². The molecule has 0 unspecified atom stereocenters. The first-order valence-corrected chi connectivity index (χ1v) is 12.5. The molecule has 0 saturated heterocycles. The van der Waals surface area contributed by atoms with Crippen molar-refractivity contribution in [2.24, 2.45) is 0 Å². The van der Waals surface area contributed by atoms with E-state index in [9.17, 15) is 19.8 Å². The Labute approximate surface area is 221 Å². The first kappa shape index (κ1) is 26.7. The van der Waals surface area contributed by atoms with Crippen molar-refractivity contribution < 1.29 is 34.0 Å². The van der Waals surface area contributed by atoms with Crippen LogP contribution in [0.15, 0.2) is 84.9 Å². The number of hydrogen-bond donors (Lipinski definition) is 2. The zero-order chi connectivity index (χ0) is 26.7. The minimum Gasteiger partial charge on any atom is -0.490 e. The fourth-order valence-corrected chi connectivity index (χ4v) is 4.20. The number of carbonyl (C=O) groups is 2. The normalized spacial score (nSPS) is 10.8. The number of carboxylic acids is 2. The standard InChI is InChI=1S/C31H30O7/c32-30(33)26-14-15-27(37-17-6-9-23-12-13-24-10-4-5-11-25(24)21-23)29(28(26)31(34)35)38-20-19-36-18-16-22-7-2-1-3-8-22/h1-5,7-8,10-15,21H,6,9,16-20H2,(H,32,33)(H,34,35). The number of ether oxygens (including phenoxy) is 3. The van der Waals surface area contributed by atoms with Crippen molar-refractivity contribution in [1.82, 2.24) is 0 Å². The molecule has 0 radical (unpaired) electrons. The molecular weight excluding hydrogens is 484 g/mol. The van der Waals surface area contributed by atoms with E-state index in [-0.39, 0.29) is 30.3 Å². The van der Waals surface area contributed by atoms with Crippen molar-refractivity contribution in [2.75, 3.05) is 26.4 Å². The Morgan fingerprint density at radius 3 is 2.16 bits per heavy atom. The molecule has 7 nitrogen and oxygen atoms in total. The number of hydrogen-bond acceptors (Lipinski definition) is 5. The van der Waals surface area contributed by atoms with E-state index in [0.29, 0.717) is 19.6 Å². The summed E-state index contributed by atoms with van der Waals surface area (Å²) in [5, 5.41) is 21.6. The minimum absolute atomic E-state index is 0.0472. The second-order valence-electron chi connectivity index (χ2n) is 8.76. The summed E-state index contributed by atoms with van der Waals surface area (Å²) in [7, 11) is 0. The maximum absolute atomic E-state index is 12.0. The lowest BCUT2D eigenvalue weighted by atomic mass is 10.0. The van der Waals surface area contributed by atoms with Gasteiger partial charge in [-0.25, -0.2) is 9.59 Å². The van der Waals surface area contributed by atoms with Gasteiger partial charge in [0.1, 0.15) is 12.2 Å². The average molecular weight is 515 g/mol. The highest BCUT2D eigenvalue weighted by Gasteiger charge is 2.25. The Balaban J connectivity index is 1.37. The van der Waals surface area contributed by atoms with E-state index < -0.39 is 17.5 Å². The van der Waals surface area contributed by atoms with E-state index in [2.05, 4.69) is 30.3 Å². The van der Waals surface area contributed by atoms with Crippen molar-refractivity contribution in [3.63, 3.8) is 0 Å². The molecule has 4 aromatic carbocycles. The molecule has 0 fully saturated rings. The van der Waals surface area contributed by atoms with Crippen LogP contribution >= 0.6 is 0 Å². The Morgan fingerprint density at radius 1 is 0.632 bits per heavy atom. The Bertz CT molecular complexity index is 1380. The summed E-state index contributed by atoms with van der Waals surface area (Å²) < 4.78 is 17.3. The summed E-state index contributed by atoms with van der Waals surface area (Å²) in [5.74, 6) is -2.66. The molecule has 2 N–H and O–H groups in total. The molecule has 0 saturated carbocycles. The predicted octanol–water partition coefficient (Wildman–Crippen LogP) is 5.89. The Hall–Kier alpha value is -4.36. The molecule has 0 aliphatic rings. The fourth-order valence-electron chi connectivity index (χ4n) is 4.20. The minimum atomic E-state index is -1.40. The lowest BCUT2D eigenvalue weighted by Gasteiger charge is -2.17. The second-order valence-corrected chi connectivity index (χ2v) is 8.76. The van der Waals surface area contributed by atoms with Gasteiger partial charge in [-0.3, -0.25) is 0 Å². The van der Waals surface area contributed by atoms with Gasteiger partial charge in [0, 0.05) is 0 Å². The molecule has 0 bridgehead atoms. The zero-order valence-electron chi connectivity index (χ0n) is 21.0. The number of fused-ring (bicyclic) bond motifs is 1. The van der Waals surface area contributed by atoms with Gasteiger partial charge in [-0.15, -0.1) is 0 Å². The van der Waals surface area contributed by atoms with E-state index >= 15 is 0 Å². The maximum atomic E-state index is 12.0. The quantitative estimate of drug-likeness (QED) is 0.202. The molecular formula is C31H30O7. The lowest BCUT2D eigenvalue weighted by molar-refractivity contribution is 0.0641. The molecule has 4 aromatic rings. The van der Waals surface area contributed by atoms with Gasteiger partial charge in [0.05, 0.1) is 25.4 Å². The van der Waals surface area contributed by atoms with Crippen LogP contribution < -0.4 is 9.47 Å². The molecule has 0 aromatic heterocycles. The summed E-state index contributed by atoms with van der Waals surface area (Å²) in [6.07, 6.45) is 2.19. The molecule has 7 heteroatoms. The highest BCUT2D eigenvalue weighted by atomic mass is 16.5. The summed E-state index contributed by atoms with van der Waals surface area (Å²) in [6, 6.07) is 27.0. The summed E-state index contributed by atoms with van der Waals surface area (Å²) in [5.41, 5.74) is 1.52. The Morgan fingerprint density at radius 2 is 1.39 bits per heavy atom. The van der Waals surface area contributed by atoms with Gasteiger partial charge in [0.25, 0.3) is 0 Å². The van der Waals surface area contributed by atoms with Crippen molar-refractivity contribution in [3.8, 4) is 11.5 Å². The molecule has 0 aliphatic heterocycles. The number of carboxylic acid groups (broad SMARTS) is 2. The SMILES string of the molecule is O=C(O)c1ccc(OCCCc2ccc3ccccc3c2)c(OCCOCCc2ccccc2)c1C(=O)O. The van der Waals surface area contributed by atoms with Crippen molar-refractivity contribution in [2.45, 2.75) is 19.3 Å². The smallest absolute Gasteiger partial charge is 0.340 e. The third kappa shape index (κ3) is 7.11. The third-order valence-corrected chi connectivity index (χ3v) is 6.10. The zero-order valence-corrected chi connectivity index (χ0v) is 21.0. The lowest BCUT2D eigenvalue weighted by Crippen LogP contribution is -2.15. The van der Waals surface area contributed by atoms with Crippen molar-refractivity contribution in [1.29, 1.82) is 0 Å². The monoisotopic (exact) mass is 514 g/mol. The molecule has 0 spiro atoms. The van der Waals surface area contributed by atoms with Gasteiger partial charge in [-0.05, 0) is 53.3 Å². The van der Waals surface area contributed by atoms with Gasteiger partial charge in [-0.1, -0.05) is 72.8 Å². The van der Waals surface area contributed by atoms with E-state index in [1.807, 2.05) is 42.5 Å². The molecule has 38 heavy (non-hydrogen) atoms. The van der Waals surface area contributed by atoms with Gasteiger partial charge in [0.2, 0.25) is 0 Å². The van der Waals surface area contributed by atoms with E-state index in [1.54, 1.807) is 0 Å². The van der Waals surface area contributed by atoms with Crippen LogP contribution in [-0.2, 0) is 17.6 Å². The highest BCUT2D eigenvalue weighted by Crippen LogP contribution is 2.34. The van der Waals surface area contributed by atoms with Crippen LogP contribution in [0.2, 0.25) is 0 Å². The Kier molecular flexibility index (Phi) is 9.32. The average Bonchev–Trinajstić information content (AvgIpc) is 2.93. The highest BCUT2D eigenvalue weighted by molar-refractivity contribution is 6.04. The largest absolute Gasteiger partial charge is 0.490 e. The van der Waals surface area contributed by atoms with E-state index in [4.69, 9.17) is 14.2 Å². The fraction of sp³-hybridized carbons (Fsp3) is 0.226. The third-order valence-electron chi connectivity index (χ3n) is 6.10. The predicted molar refractivity (Wildman–Crippen MR) is 145 cm³/mol. The summed E-state index contributed by atoms with van der Waals surface area (Å²) >= 11 is 0. The number of aromatic carboxylic acids is 2.